The molecule has 32 nitrogen and oxygen atoms in total. The Hall–Kier alpha value is -6.65. The van der Waals surface area contributed by atoms with Crippen molar-refractivity contribution < 1.29 is 98.0 Å². The highest BCUT2D eigenvalue weighted by molar-refractivity contribution is 6.18. The number of hydrogen-bond acceptors (Lipinski definition) is 21. The fraction of sp³-hybridized carbons (Fsp3) is 0.731. The molecule has 9 amide bonds. The molecule has 0 aliphatic carbocycles. The van der Waals surface area contributed by atoms with Gasteiger partial charge in [0.2, 0.25) is 47.3 Å². The van der Waals surface area contributed by atoms with E-state index in [4.69, 9.17) is 33.5 Å². The number of carboxylic acids is 2. The van der Waals surface area contributed by atoms with E-state index in [2.05, 4.69) is 44.1 Å². The largest absolute Gasteiger partial charge is 0.481 e. The Labute approximate surface area is 497 Å². The fourth-order valence-electron chi connectivity index (χ4n) is 8.40. The number of carboxylic acid groups (broad SMARTS) is 2. The van der Waals surface area contributed by atoms with Crippen LogP contribution in [0.4, 0.5) is 0 Å². The van der Waals surface area contributed by atoms with Crippen LogP contribution in [0.25, 0.3) is 0 Å². The predicted molar refractivity (Wildman–Crippen MR) is 301 cm³/mol. The van der Waals surface area contributed by atoms with Crippen LogP contribution in [-0.2, 0) is 62.3 Å². The van der Waals surface area contributed by atoms with E-state index < -0.39 is 194 Å². The molecular weight excluding hydrogens is 1150 g/mol. The van der Waals surface area contributed by atoms with Gasteiger partial charge in [-0.1, -0.05) is 70.8 Å². The number of aliphatic hydroxyl groups excluding tert-OH is 5. The Morgan fingerprint density at radius 3 is 1.62 bits per heavy atom. The third-order valence-electron chi connectivity index (χ3n) is 13.3. The number of ether oxygens (including phenoxy) is 1. The van der Waals surface area contributed by atoms with Gasteiger partial charge in [0.15, 0.2) is 12.1 Å². The summed E-state index contributed by atoms with van der Waals surface area (Å²) in [7, 11) is 0. The van der Waals surface area contributed by atoms with Crippen LogP contribution in [0.5, 0.6) is 0 Å². The molecule has 85 heavy (non-hydrogen) atoms. The second-order valence-corrected chi connectivity index (χ2v) is 20.7. The second-order valence-electron chi connectivity index (χ2n) is 20.3. The summed E-state index contributed by atoms with van der Waals surface area (Å²) in [6.45, 7) is 2.48. The van der Waals surface area contributed by atoms with Crippen LogP contribution in [-0.4, -0.2) is 218 Å². The SMILES string of the molecule is CC=C1NC(=O)[C@H]([C@H](C)O)NC(=O)[C@H](CCN)NC(=O)[C@H](CCCCN)NC(=O)[C@H](CC(=O)O)NC(=O)[C@@H](CCN)NC(=O)[C@@H](NC(=O)CC(O)C(O)CCCCCCCCCCC)COC(=O)[C@H]([C@H](O)CCl)NC(=O)[C@H]([C@H](O)C(=O)O)NC1=O. The Bertz CT molecular complexity index is 2250. The fourth-order valence-corrected chi connectivity index (χ4v) is 8.58. The van der Waals surface area contributed by atoms with Crippen LogP contribution >= 0.6 is 11.6 Å². The predicted octanol–water partition coefficient (Wildman–Crippen LogP) is -5.80. The molecule has 0 aromatic heterocycles. The minimum atomic E-state index is -2.85. The number of amides is 9. The number of alkyl halides is 1. The maximum Gasteiger partial charge on any atom is 0.335 e. The number of nitrogens with two attached hydrogens (primary N) is 3. The van der Waals surface area contributed by atoms with Crippen LogP contribution in [0, 0.1) is 0 Å². The normalized spacial score (nSPS) is 24.6. The van der Waals surface area contributed by atoms with Gasteiger partial charge in [0, 0.05) is 0 Å². The Kier molecular flexibility index (Phi) is 37.2. The number of rotatable bonds is 29. The maximum atomic E-state index is 14.2. The van der Waals surface area contributed by atoms with Crippen LogP contribution in [0.15, 0.2) is 11.8 Å². The maximum absolute atomic E-state index is 14.2. The molecule has 1 fully saturated rings. The molecule has 33 heteroatoms. The molecule has 1 rings (SSSR count). The van der Waals surface area contributed by atoms with Crippen molar-refractivity contribution in [1.82, 2.24) is 47.9 Å². The van der Waals surface area contributed by atoms with Gasteiger partial charge < -0.3 is 106 Å². The number of carbonyl (C=O) groups excluding carboxylic acids is 10. The van der Waals surface area contributed by atoms with Crippen molar-refractivity contribution in [3.05, 3.63) is 11.8 Å². The molecule has 1 saturated heterocycles. The van der Waals surface area contributed by atoms with Gasteiger partial charge in [0.1, 0.15) is 54.6 Å². The first-order chi connectivity index (χ1) is 40.2. The summed E-state index contributed by atoms with van der Waals surface area (Å²) in [6.07, 6.45) is -2.94. The Morgan fingerprint density at radius 2 is 1.12 bits per heavy atom. The standard InChI is InChI=1S/C52H89ClN12O20/c1-4-6-7-8-9-10-11-12-13-17-34(67)35(68)24-37(70)57-33-26-85-52(84)40(36(69)25-53)64-50(81)41(42(73)51(82)83)65-43(74)28(5-2)58-49(80)39(27(3)66)63-46(77)31(19-22-56)60-44(75)29(16-14-15-20-54)59-47(78)32(23-38(71)72)62-45(76)30(18-21-55)61-48(33)79/h5,27,29-36,39-42,66-69,73H,4,6-26,54-56H2,1-3H3,(H,57,70)(H,58,80)(H,59,78)(H,60,75)(H,61,79)(H,62,76)(H,63,77)(H,64,81)(H,65,74)(H,71,72)(H,82,83)/t27-,29-,30+,31-,32-,33-,34?,35?,36+,39-,40-,41-,42-/m0/s1. The van der Waals surface area contributed by atoms with Crippen molar-refractivity contribution in [2.24, 2.45) is 17.2 Å². The van der Waals surface area contributed by atoms with Gasteiger partial charge >= 0.3 is 17.9 Å². The van der Waals surface area contributed by atoms with Gasteiger partial charge in [0.25, 0.3) is 5.91 Å². The lowest BCUT2D eigenvalue weighted by atomic mass is 10.0. The number of aliphatic hydroxyl groups is 5. The number of nitrogens with one attached hydrogen (secondary N) is 9. The van der Waals surface area contributed by atoms with Gasteiger partial charge in [-0.25, -0.2) is 9.59 Å². The van der Waals surface area contributed by atoms with Crippen molar-refractivity contribution >= 4 is 82.7 Å². The minimum absolute atomic E-state index is 0.0835. The number of hydrogen-bond donors (Lipinski definition) is 19. The van der Waals surface area contributed by atoms with Gasteiger partial charge in [-0.2, -0.15) is 0 Å². The molecule has 13 atom stereocenters. The summed E-state index contributed by atoms with van der Waals surface area (Å²) < 4.78 is 5.25. The van der Waals surface area contributed by atoms with Crippen LogP contribution < -0.4 is 65.1 Å². The van der Waals surface area contributed by atoms with E-state index in [1.54, 1.807) is 0 Å². The summed E-state index contributed by atoms with van der Waals surface area (Å²) in [6, 6.07) is -16.1. The first-order valence-electron chi connectivity index (χ1n) is 28.3. The number of cyclic esters (lactones) is 1. The molecule has 1 heterocycles. The molecule has 484 valence electrons. The molecule has 22 N–H and O–H groups in total. The highest BCUT2D eigenvalue weighted by Crippen LogP contribution is 2.15. The quantitative estimate of drug-likeness (QED) is 0.0144. The molecular formula is C52H89ClN12O20. The van der Waals surface area contributed by atoms with E-state index in [-0.39, 0.29) is 45.2 Å². The zero-order chi connectivity index (χ0) is 64.3. The average molecular weight is 1240 g/mol. The number of unbranched alkanes of at least 4 members (excludes halogenated alkanes) is 9. The summed E-state index contributed by atoms with van der Waals surface area (Å²) in [5.74, 6) is -18.2. The molecule has 1 aliphatic rings. The van der Waals surface area contributed by atoms with Crippen molar-refractivity contribution in [3.63, 3.8) is 0 Å². The first kappa shape index (κ1) is 76.4. The second kappa shape index (κ2) is 41.4. The van der Waals surface area contributed by atoms with E-state index in [0.29, 0.717) is 6.42 Å². The van der Waals surface area contributed by atoms with E-state index >= 15 is 0 Å². The van der Waals surface area contributed by atoms with Crippen LogP contribution in [0.1, 0.15) is 130 Å². The highest BCUT2D eigenvalue weighted by atomic mass is 35.5. The van der Waals surface area contributed by atoms with Crippen molar-refractivity contribution in [2.75, 3.05) is 32.1 Å². The van der Waals surface area contributed by atoms with E-state index in [1.165, 1.54) is 0 Å². The number of esters is 1. The lowest BCUT2D eigenvalue weighted by Crippen LogP contribution is -2.62. The average Bonchev–Trinajstić information content (AvgIpc) is 3.67. The first-order valence-corrected chi connectivity index (χ1v) is 28.8. The number of allylic oxidation sites excluding steroid dienone is 1. The number of aliphatic carboxylic acids is 2. The lowest BCUT2D eigenvalue weighted by Gasteiger charge is -2.28. The third kappa shape index (κ3) is 28.4. The number of carbonyl (C=O) groups is 12. The smallest absolute Gasteiger partial charge is 0.335 e. The molecule has 0 saturated carbocycles. The van der Waals surface area contributed by atoms with Crippen LogP contribution in [0.3, 0.4) is 0 Å². The molecule has 2 unspecified atom stereocenters. The molecule has 0 aromatic carbocycles. The molecule has 0 bridgehead atoms. The summed E-state index contributed by atoms with van der Waals surface area (Å²) >= 11 is 5.85. The number of halogens is 1. The van der Waals surface area contributed by atoms with Gasteiger partial charge in [0.05, 0.1) is 43.1 Å². The van der Waals surface area contributed by atoms with Gasteiger partial charge in [-0.15, -0.1) is 11.6 Å². The van der Waals surface area contributed by atoms with E-state index in [0.717, 1.165) is 71.3 Å². The third-order valence-corrected chi connectivity index (χ3v) is 13.7. The van der Waals surface area contributed by atoms with Gasteiger partial charge in [-0.3, -0.25) is 47.9 Å². The molecule has 0 aromatic rings. The van der Waals surface area contributed by atoms with Gasteiger partial charge in [-0.05, 0) is 72.0 Å². The summed E-state index contributed by atoms with van der Waals surface area (Å²) in [4.78, 5) is 163. The molecule has 0 spiro atoms. The molecule has 1 aliphatic heterocycles. The van der Waals surface area contributed by atoms with E-state index in [1.807, 2.05) is 10.6 Å². The Morgan fingerprint density at radius 1 is 0.612 bits per heavy atom. The zero-order valence-electron chi connectivity index (χ0n) is 48.2. The minimum Gasteiger partial charge on any atom is -0.481 e. The monoisotopic (exact) mass is 1240 g/mol. The lowest BCUT2D eigenvalue weighted by molar-refractivity contribution is -0.155. The Balaban J connectivity index is 4.01. The zero-order valence-corrected chi connectivity index (χ0v) is 48.9. The van der Waals surface area contributed by atoms with Crippen molar-refractivity contribution in [2.45, 2.75) is 209 Å². The highest BCUT2D eigenvalue weighted by Gasteiger charge is 2.41. The van der Waals surface area contributed by atoms with Crippen LogP contribution in [0.2, 0.25) is 0 Å². The van der Waals surface area contributed by atoms with Crippen molar-refractivity contribution in [3.8, 4) is 0 Å². The summed E-state index contributed by atoms with van der Waals surface area (Å²) in [5, 5.41) is 92.7. The van der Waals surface area contributed by atoms with Crippen molar-refractivity contribution in [1.29, 1.82) is 0 Å². The summed E-state index contributed by atoms with van der Waals surface area (Å²) in [5.41, 5.74) is 16.4. The topological polar surface area (TPSA) is 542 Å². The molecule has 0 radical (unpaired) electrons. The van der Waals surface area contributed by atoms with E-state index in [9.17, 15) is 93.3 Å².